The molecule has 0 aliphatic rings. The summed E-state index contributed by atoms with van der Waals surface area (Å²) >= 11 is 0. The van der Waals surface area contributed by atoms with E-state index in [0.717, 1.165) is 18.5 Å². The summed E-state index contributed by atoms with van der Waals surface area (Å²) in [5.74, 6) is -0.731. The van der Waals surface area contributed by atoms with E-state index in [9.17, 15) is 18.0 Å². The molecule has 0 amide bonds. The molecule has 1 atom stereocenters. The van der Waals surface area contributed by atoms with Crippen LogP contribution in [0.3, 0.4) is 0 Å². The summed E-state index contributed by atoms with van der Waals surface area (Å²) in [4.78, 5) is 16.0. The van der Waals surface area contributed by atoms with Crippen LogP contribution in [0.5, 0.6) is 0 Å². The van der Waals surface area contributed by atoms with E-state index >= 15 is 0 Å². The van der Waals surface area contributed by atoms with Crippen LogP contribution in [0.1, 0.15) is 35.0 Å². The number of nitrogens with zero attached hydrogens (tertiary/aromatic N) is 1. The molecule has 0 aliphatic carbocycles. The van der Waals surface area contributed by atoms with Gasteiger partial charge in [-0.15, -0.1) is 0 Å². The van der Waals surface area contributed by atoms with Crippen LogP contribution in [0, 0.1) is 5.41 Å². The molecular weight excluding hydrogens is 311 g/mol. The van der Waals surface area contributed by atoms with Crippen molar-refractivity contribution in [3.05, 3.63) is 53.7 Å². The molecular formula is C15H14F3N3O2. The van der Waals surface area contributed by atoms with E-state index in [0.29, 0.717) is 0 Å². The van der Waals surface area contributed by atoms with Gasteiger partial charge in [-0.25, -0.2) is 0 Å². The number of ketones is 1. The van der Waals surface area contributed by atoms with Crippen molar-refractivity contribution < 1.29 is 22.4 Å². The highest BCUT2D eigenvalue weighted by Crippen LogP contribution is 2.33. The van der Waals surface area contributed by atoms with E-state index in [1.165, 1.54) is 19.3 Å². The van der Waals surface area contributed by atoms with E-state index in [1.807, 2.05) is 0 Å². The maximum Gasteiger partial charge on any atom is 0.417 e. The summed E-state index contributed by atoms with van der Waals surface area (Å²) < 4.78 is 44.0. The van der Waals surface area contributed by atoms with Gasteiger partial charge in [-0.3, -0.25) is 9.78 Å². The van der Waals surface area contributed by atoms with Gasteiger partial charge in [-0.1, -0.05) is 0 Å². The second-order valence-corrected chi connectivity index (χ2v) is 5.30. The molecule has 2 heterocycles. The topological polar surface area (TPSA) is 93.0 Å². The molecule has 0 aliphatic heterocycles. The van der Waals surface area contributed by atoms with Crippen molar-refractivity contribution in [2.24, 2.45) is 5.73 Å². The summed E-state index contributed by atoms with van der Waals surface area (Å²) in [6, 6.07) is 3.79. The van der Waals surface area contributed by atoms with Crippen LogP contribution in [0.2, 0.25) is 0 Å². The lowest BCUT2D eigenvalue weighted by Crippen LogP contribution is -2.47. The monoisotopic (exact) mass is 325 g/mol. The van der Waals surface area contributed by atoms with Crippen LogP contribution in [0.25, 0.3) is 0 Å². The highest BCUT2D eigenvalue weighted by molar-refractivity contribution is 6.08. The fraction of sp³-hybridized carbons (Fsp3) is 0.267. The highest BCUT2D eigenvalue weighted by Gasteiger charge is 2.40. The number of alkyl halides is 3. The second-order valence-electron chi connectivity index (χ2n) is 5.30. The van der Waals surface area contributed by atoms with Crippen LogP contribution in [0.15, 0.2) is 41.3 Å². The molecule has 0 fully saturated rings. The molecule has 5 nitrogen and oxygen atoms in total. The number of carbonyl (C=O) groups is 1. The Morgan fingerprint density at radius 2 is 2.09 bits per heavy atom. The predicted octanol–water partition coefficient (Wildman–Crippen LogP) is 3.05. The first kappa shape index (κ1) is 16.9. The summed E-state index contributed by atoms with van der Waals surface area (Å²) in [6.07, 6.45) is -1.82. The first-order valence-corrected chi connectivity index (χ1v) is 6.59. The zero-order valence-corrected chi connectivity index (χ0v) is 12.1. The summed E-state index contributed by atoms with van der Waals surface area (Å²) in [5.41, 5.74) is 2.39. The number of hydrogen-bond donors (Lipinski definition) is 2. The van der Waals surface area contributed by atoms with Crippen LogP contribution < -0.4 is 5.73 Å². The Kier molecular flexibility index (Phi) is 4.37. The fourth-order valence-corrected chi connectivity index (χ4v) is 2.12. The normalized spacial score (nSPS) is 14.3. The van der Waals surface area contributed by atoms with Gasteiger partial charge in [0.25, 0.3) is 0 Å². The smallest absolute Gasteiger partial charge is 0.417 e. The SMILES string of the molecule is CC(N)(CC(=N)c1ccco1)C(=O)c1cnccc1C(F)(F)F. The minimum Gasteiger partial charge on any atom is -0.463 e. The number of furan rings is 1. The highest BCUT2D eigenvalue weighted by atomic mass is 19.4. The van der Waals surface area contributed by atoms with Crippen LogP contribution in [-0.4, -0.2) is 22.0 Å². The number of rotatable bonds is 5. The molecule has 0 bridgehead atoms. The molecule has 0 aromatic carbocycles. The molecule has 8 heteroatoms. The maximum atomic E-state index is 13.0. The van der Waals surface area contributed by atoms with E-state index < -0.39 is 28.6 Å². The van der Waals surface area contributed by atoms with Crippen molar-refractivity contribution in [3.8, 4) is 0 Å². The van der Waals surface area contributed by atoms with Gasteiger partial charge in [0, 0.05) is 18.8 Å². The zero-order chi connectivity index (χ0) is 17.3. The number of nitrogens with two attached hydrogens (primary N) is 1. The Hall–Kier alpha value is -2.48. The molecule has 2 aromatic heterocycles. The Labute approximate surface area is 129 Å². The molecule has 0 saturated heterocycles. The number of halogens is 3. The number of Topliss-reactive ketones (excluding diaryl/α,β-unsaturated/α-hetero) is 1. The lowest BCUT2D eigenvalue weighted by atomic mass is 9.85. The molecule has 3 N–H and O–H groups in total. The van der Waals surface area contributed by atoms with Crippen molar-refractivity contribution in [3.63, 3.8) is 0 Å². The predicted molar refractivity (Wildman–Crippen MR) is 76.3 cm³/mol. The Balaban J connectivity index is 2.31. The Bertz CT molecular complexity index is 722. The lowest BCUT2D eigenvalue weighted by Gasteiger charge is -2.24. The second kappa shape index (κ2) is 5.96. The Morgan fingerprint density at radius 1 is 1.39 bits per heavy atom. The first-order chi connectivity index (χ1) is 10.6. The summed E-state index contributed by atoms with van der Waals surface area (Å²) in [5, 5.41) is 7.87. The largest absolute Gasteiger partial charge is 0.463 e. The van der Waals surface area contributed by atoms with Gasteiger partial charge in [-0.05, 0) is 25.1 Å². The minimum absolute atomic E-state index is 0.0780. The van der Waals surface area contributed by atoms with Crippen molar-refractivity contribution in [2.45, 2.75) is 25.1 Å². The van der Waals surface area contributed by atoms with Crippen molar-refractivity contribution in [1.29, 1.82) is 5.41 Å². The fourth-order valence-electron chi connectivity index (χ4n) is 2.12. The molecule has 2 rings (SSSR count). The number of pyridine rings is 1. The molecule has 23 heavy (non-hydrogen) atoms. The van der Waals surface area contributed by atoms with E-state index in [1.54, 1.807) is 6.07 Å². The van der Waals surface area contributed by atoms with E-state index in [2.05, 4.69) is 4.98 Å². The van der Waals surface area contributed by atoms with Gasteiger partial charge in [0.05, 0.1) is 28.6 Å². The number of aromatic nitrogens is 1. The van der Waals surface area contributed by atoms with Gasteiger partial charge in [0.2, 0.25) is 0 Å². The van der Waals surface area contributed by atoms with Crippen molar-refractivity contribution in [2.75, 3.05) is 0 Å². The number of hydrogen-bond acceptors (Lipinski definition) is 5. The third kappa shape index (κ3) is 3.65. The molecule has 122 valence electrons. The van der Waals surface area contributed by atoms with Gasteiger partial charge in [0.15, 0.2) is 5.78 Å². The van der Waals surface area contributed by atoms with Crippen molar-refractivity contribution in [1.82, 2.24) is 4.98 Å². The molecule has 0 spiro atoms. The van der Waals surface area contributed by atoms with E-state index in [-0.39, 0.29) is 17.9 Å². The van der Waals surface area contributed by atoms with Gasteiger partial charge in [-0.2, -0.15) is 13.2 Å². The molecule has 0 radical (unpaired) electrons. The third-order valence-electron chi connectivity index (χ3n) is 3.25. The zero-order valence-electron chi connectivity index (χ0n) is 12.1. The number of carbonyl (C=O) groups excluding carboxylic acids is 1. The van der Waals surface area contributed by atoms with Crippen LogP contribution in [0.4, 0.5) is 13.2 Å². The first-order valence-electron chi connectivity index (χ1n) is 6.59. The Morgan fingerprint density at radius 3 is 2.65 bits per heavy atom. The number of nitrogens with one attached hydrogen (secondary N) is 1. The van der Waals surface area contributed by atoms with E-state index in [4.69, 9.17) is 15.6 Å². The molecule has 1 unspecified atom stereocenters. The molecule has 0 saturated carbocycles. The molecule has 2 aromatic rings. The average molecular weight is 325 g/mol. The average Bonchev–Trinajstić information content (AvgIpc) is 2.99. The quantitative estimate of drug-likeness (QED) is 0.652. The van der Waals surface area contributed by atoms with Crippen molar-refractivity contribution >= 4 is 11.5 Å². The van der Waals surface area contributed by atoms with Gasteiger partial charge < -0.3 is 15.6 Å². The standard InChI is InChI=1S/C15H14F3N3O2/c1-14(20,7-11(19)12-3-2-6-23-12)13(22)9-8-21-5-4-10(9)15(16,17)18/h2-6,8,19H,7,20H2,1H3. The minimum atomic E-state index is -4.70. The van der Waals surface area contributed by atoms with Crippen LogP contribution >= 0.6 is 0 Å². The summed E-state index contributed by atoms with van der Waals surface area (Å²) in [6.45, 7) is 1.28. The maximum absolute atomic E-state index is 13.0. The van der Waals surface area contributed by atoms with Crippen LogP contribution in [-0.2, 0) is 6.18 Å². The van der Waals surface area contributed by atoms with Gasteiger partial charge in [0.1, 0.15) is 5.76 Å². The summed E-state index contributed by atoms with van der Waals surface area (Å²) in [7, 11) is 0. The lowest BCUT2D eigenvalue weighted by molar-refractivity contribution is -0.138. The third-order valence-corrected chi connectivity index (χ3v) is 3.25. The van der Waals surface area contributed by atoms with Gasteiger partial charge >= 0.3 is 6.18 Å².